The average Bonchev–Trinajstić information content (AvgIpc) is 3.28. The molecule has 0 amide bonds. The zero-order valence-corrected chi connectivity index (χ0v) is 22.0. The van der Waals surface area contributed by atoms with Crippen LogP contribution in [-0.4, -0.2) is 78.6 Å². The van der Waals surface area contributed by atoms with Crippen molar-refractivity contribution in [2.45, 2.75) is 18.9 Å². The number of hydrogen-bond donors (Lipinski definition) is 3. The molecule has 12 heteroatoms. The van der Waals surface area contributed by atoms with Gasteiger partial charge in [0, 0.05) is 56.2 Å². The summed E-state index contributed by atoms with van der Waals surface area (Å²) in [5.74, 6) is 0.115. The largest absolute Gasteiger partial charge is 0.393 e. The number of aliphatic hydroxyl groups excluding tert-OH is 1. The number of hydrogen-bond acceptors (Lipinski definition) is 11. The van der Waals surface area contributed by atoms with Crippen LogP contribution >= 0.6 is 11.3 Å². The summed E-state index contributed by atoms with van der Waals surface area (Å²) in [5, 5.41) is 25.9. The van der Waals surface area contributed by atoms with E-state index >= 15 is 0 Å². The molecule has 2 fully saturated rings. The number of likely N-dealkylation sites (N-methyl/N-ethyl adjacent to an activating group) is 1. The van der Waals surface area contributed by atoms with Crippen LogP contribution in [0.3, 0.4) is 0 Å². The maximum absolute atomic E-state index is 12.3. The van der Waals surface area contributed by atoms with Gasteiger partial charge in [0.15, 0.2) is 11.4 Å². The van der Waals surface area contributed by atoms with Crippen LogP contribution in [0.1, 0.15) is 23.2 Å². The summed E-state index contributed by atoms with van der Waals surface area (Å²) >= 11 is 1.17. The third-order valence-corrected chi connectivity index (χ3v) is 8.18. The number of nitrogens with zero attached hydrogens (tertiary/aromatic N) is 5. The lowest BCUT2D eigenvalue weighted by Crippen LogP contribution is -2.44. The van der Waals surface area contributed by atoms with Crippen molar-refractivity contribution in [1.82, 2.24) is 9.88 Å². The summed E-state index contributed by atoms with van der Waals surface area (Å²) < 4.78 is 0. The minimum atomic E-state index is -0.466. The Morgan fingerprint density at radius 3 is 2.39 bits per heavy atom. The van der Waals surface area contributed by atoms with Crippen LogP contribution in [0.4, 0.5) is 33.7 Å². The number of nitro benzene ring substituents is 1. The van der Waals surface area contributed by atoms with E-state index < -0.39 is 11.0 Å². The highest BCUT2D eigenvalue weighted by atomic mass is 32.1. The summed E-state index contributed by atoms with van der Waals surface area (Å²) in [6, 6.07) is 11.2. The lowest BCUT2D eigenvalue weighted by atomic mass is 10.0. The smallest absolute Gasteiger partial charge is 0.301 e. The first-order chi connectivity index (χ1) is 18.3. The molecule has 200 valence electrons. The molecule has 0 unspecified atom stereocenters. The van der Waals surface area contributed by atoms with E-state index in [9.17, 15) is 20.0 Å². The molecule has 3 heterocycles. The van der Waals surface area contributed by atoms with Gasteiger partial charge in [-0.05, 0) is 56.3 Å². The number of piperazine rings is 1. The quantitative estimate of drug-likeness (QED) is 0.233. The second-order valence-electron chi connectivity index (χ2n) is 9.69. The van der Waals surface area contributed by atoms with Gasteiger partial charge in [-0.2, -0.15) is 0 Å². The molecule has 0 aliphatic carbocycles. The highest BCUT2D eigenvalue weighted by Crippen LogP contribution is 2.46. The Labute approximate surface area is 224 Å². The predicted octanol–water partition coefficient (Wildman–Crippen LogP) is 3.57. The number of anilines is 5. The maximum Gasteiger partial charge on any atom is 0.301 e. The van der Waals surface area contributed by atoms with Crippen LogP contribution in [0.5, 0.6) is 0 Å². The molecule has 38 heavy (non-hydrogen) atoms. The SMILES string of the molecule is CN1CCN(c2ccc(Nc3nc(N)c(-c4c(C=O)ccc(N5CCC(O)CC5)c4[N+](=O)[O-])s3)cc2)CC1. The van der Waals surface area contributed by atoms with Crippen LogP contribution in [0.2, 0.25) is 0 Å². The van der Waals surface area contributed by atoms with Crippen LogP contribution < -0.4 is 20.9 Å². The second kappa shape index (κ2) is 10.9. The molecular formula is C26H31N7O4S. The lowest BCUT2D eigenvalue weighted by Gasteiger charge is -2.34. The molecule has 2 aliphatic rings. The number of rotatable bonds is 7. The van der Waals surface area contributed by atoms with Crippen molar-refractivity contribution in [1.29, 1.82) is 0 Å². The third-order valence-electron chi connectivity index (χ3n) is 7.17. The van der Waals surface area contributed by atoms with E-state index in [1.165, 1.54) is 11.3 Å². The van der Waals surface area contributed by atoms with E-state index in [4.69, 9.17) is 5.73 Å². The first-order valence-corrected chi connectivity index (χ1v) is 13.4. The molecule has 0 atom stereocenters. The fraction of sp³-hybridized carbons (Fsp3) is 0.385. The van der Waals surface area contributed by atoms with Gasteiger partial charge in [0.25, 0.3) is 0 Å². The van der Waals surface area contributed by atoms with Gasteiger partial charge in [-0.3, -0.25) is 14.9 Å². The van der Waals surface area contributed by atoms with Crippen LogP contribution in [0, 0.1) is 10.1 Å². The van der Waals surface area contributed by atoms with Gasteiger partial charge >= 0.3 is 5.69 Å². The van der Waals surface area contributed by atoms with Crippen molar-refractivity contribution >= 4 is 51.3 Å². The van der Waals surface area contributed by atoms with Crippen molar-refractivity contribution in [2.24, 2.45) is 0 Å². The molecule has 1 aromatic heterocycles. The van der Waals surface area contributed by atoms with Crippen LogP contribution in [-0.2, 0) is 0 Å². The standard InChI is InChI=1S/C26H31N7O4S/c1-30-12-14-31(15-13-30)19-5-3-18(4-6-19)28-26-29-25(27)24(38-26)22-17(16-34)2-7-21(23(22)33(36)37)32-10-8-20(35)9-11-32/h2-7,16,20,35H,8-15,27H2,1H3,(H,28,29). The molecule has 2 aliphatic heterocycles. The van der Waals surface area contributed by atoms with E-state index in [2.05, 4.69) is 39.3 Å². The zero-order valence-electron chi connectivity index (χ0n) is 21.2. The normalized spacial score (nSPS) is 17.0. The number of nitrogen functional groups attached to an aromatic ring is 1. The van der Waals surface area contributed by atoms with Gasteiger partial charge in [0.2, 0.25) is 0 Å². The van der Waals surface area contributed by atoms with Crippen LogP contribution in [0.15, 0.2) is 36.4 Å². The number of nitrogens with two attached hydrogens (primary N) is 1. The Morgan fingerprint density at radius 1 is 1.08 bits per heavy atom. The van der Waals surface area contributed by atoms with Crippen molar-refractivity contribution in [3.63, 3.8) is 0 Å². The molecule has 4 N–H and O–H groups in total. The predicted molar refractivity (Wildman–Crippen MR) is 151 cm³/mol. The Kier molecular flexibility index (Phi) is 7.45. The van der Waals surface area contributed by atoms with E-state index in [0.717, 1.165) is 37.6 Å². The molecule has 0 saturated carbocycles. The van der Waals surface area contributed by atoms with Gasteiger partial charge in [0.05, 0.1) is 21.5 Å². The Balaban J connectivity index is 1.43. The van der Waals surface area contributed by atoms with E-state index in [-0.39, 0.29) is 22.6 Å². The molecule has 3 aromatic rings. The number of carbonyl (C=O) groups is 1. The second-order valence-corrected chi connectivity index (χ2v) is 10.7. The van der Waals surface area contributed by atoms with Gasteiger partial charge in [-0.15, -0.1) is 0 Å². The van der Waals surface area contributed by atoms with Crippen LogP contribution in [0.25, 0.3) is 10.4 Å². The molecule has 0 radical (unpaired) electrons. The van der Waals surface area contributed by atoms with Gasteiger partial charge in [-0.1, -0.05) is 11.3 Å². The highest BCUT2D eigenvalue weighted by Gasteiger charge is 2.31. The minimum Gasteiger partial charge on any atom is -0.393 e. The zero-order chi connectivity index (χ0) is 26.8. The number of benzene rings is 2. The summed E-state index contributed by atoms with van der Waals surface area (Å²) in [7, 11) is 2.13. The Hall–Kier alpha value is -3.74. The fourth-order valence-electron chi connectivity index (χ4n) is 4.99. The number of carbonyl (C=O) groups excluding carboxylic acids is 1. The maximum atomic E-state index is 12.3. The van der Waals surface area contributed by atoms with Crippen molar-refractivity contribution in [2.75, 3.05) is 67.2 Å². The van der Waals surface area contributed by atoms with Gasteiger partial charge < -0.3 is 30.9 Å². The first kappa shape index (κ1) is 25.9. The van der Waals surface area contributed by atoms with E-state index in [0.29, 0.717) is 47.9 Å². The number of thiazole rings is 1. The minimum absolute atomic E-state index is 0.115. The Bertz CT molecular complexity index is 1310. The van der Waals surface area contributed by atoms with Gasteiger partial charge in [0.1, 0.15) is 11.5 Å². The summed E-state index contributed by atoms with van der Waals surface area (Å²) in [6.45, 7) is 4.97. The number of nitro groups is 1. The van der Waals surface area contributed by atoms with Crippen molar-refractivity contribution in [3.05, 3.63) is 52.1 Å². The molecule has 11 nitrogen and oxygen atoms in total. The number of aliphatic hydroxyl groups is 1. The molecule has 5 rings (SSSR count). The Morgan fingerprint density at radius 2 is 1.76 bits per heavy atom. The van der Waals surface area contributed by atoms with Crippen molar-refractivity contribution < 1.29 is 14.8 Å². The monoisotopic (exact) mass is 537 g/mol. The molecule has 2 saturated heterocycles. The van der Waals surface area contributed by atoms with E-state index in [1.54, 1.807) is 12.1 Å². The summed E-state index contributed by atoms with van der Waals surface area (Å²) in [4.78, 5) is 35.1. The summed E-state index contributed by atoms with van der Waals surface area (Å²) in [6.07, 6.45) is 1.23. The number of piperidine rings is 1. The highest BCUT2D eigenvalue weighted by molar-refractivity contribution is 7.19. The lowest BCUT2D eigenvalue weighted by molar-refractivity contribution is -0.383. The third kappa shape index (κ3) is 5.28. The fourth-order valence-corrected chi connectivity index (χ4v) is 5.96. The number of aromatic nitrogens is 1. The number of nitrogens with one attached hydrogen (secondary N) is 1. The summed E-state index contributed by atoms with van der Waals surface area (Å²) in [5.41, 5.74) is 8.80. The van der Waals surface area contributed by atoms with Crippen molar-refractivity contribution in [3.8, 4) is 10.4 Å². The first-order valence-electron chi connectivity index (χ1n) is 12.6. The topological polar surface area (TPSA) is 141 Å². The van der Waals surface area contributed by atoms with Gasteiger partial charge in [-0.25, -0.2) is 4.98 Å². The van der Waals surface area contributed by atoms with E-state index in [1.807, 2.05) is 17.0 Å². The molecular weight excluding hydrogens is 506 g/mol. The molecule has 2 aromatic carbocycles. The number of aldehydes is 1. The molecule has 0 spiro atoms. The molecule has 0 bridgehead atoms. The average molecular weight is 538 g/mol.